The fourth-order valence-corrected chi connectivity index (χ4v) is 6.63. The van der Waals surface area contributed by atoms with Crippen LogP contribution in [0.2, 0.25) is 35.7 Å². The molecule has 2 amide bonds. The van der Waals surface area contributed by atoms with Gasteiger partial charge in [-0.1, -0.05) is 49.8 Å². The van der Waals surface area contributed by atoms with Crippen LogP contribution in [0.15, 0.2) is 36.7 Å². The number of piperazine rings is 1. The Morgan fingerprint density at radius 1 is 1.04 bits per heavy atom. The number of aromatic nitrogens is 2. The minimum atomic E-state index is -1.43. The third-order valence-corrected chi connectivity index (χ3v) is 10.6. The summed E-state index contributed by atoms with van der Waals surface area (Å²) < 4.78 is 16.9. The van der Waals surface area contributed by atoms with Gasteiger partial charge in [-0.3, -0.25) is 19.9 Å². The quantitative estimate of drug-likeness (QED) is 0.0604. The molecule has 4 rings (SSSR count). The summed E-state index contributed by atoms with van der Waals surface area (Å²) in [6.07, 6.45) is 1.26. The van der Waals surface area contributed by atoms with Crippen LogP contribution in [-0.2, 0) is 4.74 Å². The van der Waals surface area contributed by atoms with Crippen molar-refractivity contribution in [1.29, 1.82) is 0 Å². The predicted molar refractivity (Wildman–Crippen MR) is 198 cm³/mol. The summed E-state index contributed by atoms with van der Waals surface area (Å²) in [4.78, 5) is 41.5. The van der Waals surface area contributed by atoms with Crippen LogP contribution in [0.25, 0.3) is 0 Å². The molecule has 0 unspecified atom stereocenters. The number of nitrogens with zero attached hydrogens (tertiary/aromatic N) is 7. The molecule has 2 heterocycles. The molecule has 1 fully saturated rings. The van der Waals surface area contributed by atoms with E-state index in [2.05, 4.69) is 51.6 Å². The van der Waals surface area contributed by atoms with Crippen LogP contribution in [0.4, 0.5) is 39.2 Å². The van der Waals surface area contributed by atoms with Crippen molar-refractivity contribution in [3.8, 4) is 11.5 Å². The van der Waals surface area contributed by atoms with Crippen molar-refractivity contribution in [3.63, 3.8) is 0 Å². The summed E-state index contributed by atoms with van der Waals surface area (Å²) in [6.45, 7) is 13.4. The van der Waals surface area contributed by atoms with Crippen molar-refractivity contribution in [2.75, 3.05) is 87.3 Å². The van der Waals surface area contributed by atoms with E-state index < -0.39 is 19.0 Å². The van der Waals surface area contributed by atoms with Crippen molar-refractivity contribution >= 4 is 71.7 Å². The van der Waals surface area contributed by atoms with Gasteiger partial charge < -0.3 is 29.3 Å². The minimum absolute atomic E-state index is 0.0943. The molecule has 49 heavy (non-hydrogen) atoms. The number of amides is 2. The number of rotatable bonds is 14. The summed E-state index contributed by atoms with van der Waals surface area (Å²) in [5, 5.41) is 15.3. The number of halogens is 2. The Labute approximate surface area is 298 Å². The zero-order valence-corrected chi connectivity index (χ0v) is 31.5. The van der Waals surface area contributed by atoms with E-state index in [1.165, 1.54) is 49.5 Å². The molecule has 14 nitrogen and oxygen atoms in total. The highest BCUT2D eigenvalue weighted by atomic mass is 35.5. The third kappa shape index (κ3) is 9.42. The molecule has 1 N–H and O–H groups in total. The lowest BCUT2D eigenvalue weighted by molar-refractivity contribution is -0.383. The van der Waals surface area contributed by atoms with E-state index in [-0.39, 0.29) is 57.0 Å². The molecule has 3 aromatic rings. The van der Waals surface area contributed by atoms with E-state index in [0.29, 0.717) is 6.61 Å². The molecule has 1 aromatic heterocycles. The maximum absolute atomic E-state index is 14.2. The Balaban J connectivity index is 1.61. The zero-order valence-electron chi connectivity index (χ0n) is 29.0. The van der Waals surface area contributed by atoms with Crippen molar-refractivity contribution in [2.24, 2.45) is 0 Å². The first-order chi connectivity index (χ1) is 23.3. The number of methoxy groups -OCH3 is 2. The van der Waals surface area contributed by atoms with Gasteiger partial charge in [0.05, 0.1) is 24.8 Å². The Morgan fingerprint density at radius 3 is 2.27 bits per heavy atom. The molecule has 0 aliphatic carbocycles. The smallest absolute Gasteiger partial charge is 0.331 e. The number of nitrogens with one attached hydrogen (secondary N) is 1. The van der Waals surface area contributed by atoms with Crippen LogP contribution < -0.4 is 29.5 Å². The van der Waals surface area contributed by atoms with Gasteiger partial charge in [0.1, 0.15) is 51.9 Å². The minimum Gasteiger partial charge on any atom is -0.495 e. The van der Waals surface area contributed by atoms with E-state index in [1.54, 1.807) is 12.1 Å². The fraction of sp³-hybridized carbons (Fsp3) is 0.469. The first kappa shape index (κ1) is 37.9. The van der Waals surface area contributed by atoms with Crippen molar-refractivity contribution in [3.05, 3.63) is 56.8 Å². The number of likely N-dealkylation sites (N-methyl/N-ethyl adjacent to an activating group) is 1. The average Bonchev–Trinajstić information content (AvgIpc) is 3.08. The van der Waals surface area contributed by atoms with E-state index in [4.69, 9.17) is 37.4 Å². The number of hydrogen-bond donors (Lipinski definition) is 1. The van der Waals surface area contributed by atoms with Crippen molar-refractivity contribution in [1.82, 2.24) is 14.9 Å². The fourth-order valence-electron chi connectivity index (χ4n) is 5.17. The maximum Gasteiger partial charge on any atom is 0.331 e. The highest BCUT2D eigenvalue weighted by molar-refractivity contribution is 6.76. The van der Waals surface area contributed by atoms with Crippen LogP contribution in [0.3, 0.4) is 0 Å². The van der Waals surface area contributed by atoms with Gasteiger partial charge in [0.15, 0.2) is 0 Å². The van der Waals surface area contributed by atoms with E-state index >= 15 is 0 Å². The van der Waals surface area contributed by atoms with Crippen LogP contribution in [0.5, 0.6) is 11.5 Å². The molecular weight excluding hydrogens is 691 g/mol. The summed E-state index contributed by atoms with van der Waals surface area (Å²) in [5.74, 6) is 0.952. The lowest BCUT2D eigenvalue weighted by atomic mass is 10.2. The molecule has 17 heteroatoms. The van der Waals surface area contributed by atoms with Gasteiger partial charge in [-0.2, -0.15) is 0 Å². The number of urea groups is 1. The lowest BCUT2D eigenvalue weighted by Gasteiger charge is -2.35. The van der Waals surface area contributed by atoms with Crippen LogP contribution in [0, 0.1) is 10.1 Å². The number of benzene rings is 2. The molecule has 0 radical (unpaired) electrons. The first-order valence-electron chi connectivity index (χ1n) is 15.9. The number of hydrogen-bond acceptors (Lipinski definition) is 11. The average molecular weight is 736 g/mol. The molecule has 1 aliphatic rings. The molecule has 2 aromatic carbocycles. The van der Waals surface area contributed by atoms with Gasteiger partial charge in [0.2, 0.25) is 0 Å². The van der Waals surface area contributed by atoms with Crippen LogP contribution in [-0.4, -0.2) is 101 Å². The third-order valence-electron chi connectivity index (χ3n) is 8.18. The van der Waals surface area contributed by atoms with Crippen molar-refractivity contribution < 1.29 is 23.9 Å². The number of ether oxygens (including phenoxy) is 3. The van der Waals surface area contributed by atoms with Gasteiger partial charge in [0, 0.05) is 71.8 Å². The Hall–Kier alpha value is -3.89. The molecule has 0 spiro atoms. The number of carbonyl (C=O) groups excluding carboxylic acids is 1. The highest BCUT2D eigenvalue weighted by Gasteiger charge is 2.30. The topological polar surface area (TPSA) is 139 Å². The molecule has 0 bridgehead atoms. The lowest BCUT2D eigenvalue weighted by Crippen LogP contribution is -2.46. The van der Waals surface area contributed by atoms with E-state index in [0.717, 1.165) is 44.5 Å². The summed E-state index contributed by atoms with van der Waals surface area (Å²) in [6, 6.07) is 8.43. The second kappa shape index (κ2) is 16.7. The summed E-state index contributed by atoms with van der Waals surface area (Å²) >= 11 is 13.5. The van der Waals surface area contributed by atoms with Gasteiger partial charge in [-0.15, -0.1) is 0 Å². The SMILES string of the molecule is CCN1CCN(c2ccc(Nc3cc(N(C)C(=O)N(COCC[Si](C)(C)C)c4c(Cl)c(OC)cc(OC)c4Cl)ncn3)c([N+](=O)[O-])c2)CC1. The van der Waals surface area contributed by atoms with E-state index in [9.17, 15) is 14.9 Å². The zero-order chi connectivity index (χ0) is 35.9. The number of nitro benzene ring substituents is 1. The summed E-state index contributed by atoms with van der Waals surface area (Å²) in [7, 11) is 2.99. The van der Waals surface area contributed by atoms with Crippen molar-refractivity contribution in [2.45, 2.75) is 32.6 Å². The molecule has 1 saturated heterocycles. The predicted octanol–water partition coefficient (Wildman–Crippen LogP) is 6.97. The van der Waals surface area contributed by atoms with Crippen LogP contribution in [0.1, 0.15) is 6.92 Å². The number of nitro groups is 1. The van der Waals surface area contributed by atoms with Gasteiger partial charge >= 0.3 is 6.03 Å². The number of anilines is 5. The second-order valence-electron chi connectivity index (χ2n) is 12.6. The molecule has 266 valence electrons. The largest absolute Gasteiger partial charge is 0.495 e. The normalized spacial score (nSPS) is 13.6. The molecular formula is C32H44Cl2N8O6Si. The van der Waals surface area contributed by atoms with Gasteiger partial charge in [0.25, 0.3) is 5.69 Å². The standard InChI is InChI=1S/C32H44Cl2N8O6Si/c1-8-39-11-13-40(14-12-39)22-9-10-23(24(17-22)42(44)45)37-27-19-28(36-20-35-27)38(2)32(43)41(21-48-15-16-49(5,6)7)31-29(33)25(46-3)18-26(47-4)30(31)34/h9-10,17-20H,8,11-16,21H2,1-7H3,(H,35,36,37). The Bertz CT molecular complexity index is 1610. The molecule has 0 saturated carbocycles. The summed E-state index contributed by atoms with van der Waals surface area (Å²) in [5.41, 5.74) is 1.07. The Morgan fingerprint density at radius 2 is 1.69 bits per heavy atom. The molecule has 0 atom stereocenters. The first-order valence-corrected chi connectivity index (χ1v) is 20.3. The maximum atomic E-state index is 14.2. The van der Waals surface area contributed by atoms with E-state index in [1.807, 2.05) is 6.07 Å². The van der Waals surface area contributed by atoms with Gasteiger partial charge in [-0.05, 0) is 24.7 Å². The monoisotopic (exact) mass is 734 g/mol. The molecule has 1 aliphatic heterocycles. The highest BCUT2D eigenvalue weighted by Crippen LogP contribution is 2.46. The van der Waals surface area contributed by atoms with Crippen LogP contribution >= 0.6 is 23.2 Å². The second-order valence-corrected chi connectivity index (χ2v) is 19.0. The van der Waals surface area contributed by atoms with Gasteiger partial charge in [-0.25, -0.2) is 14.8 Å². The number of carbonyl (C=O) groups is 1. The Kier molecular flexibility index (Phi) is 12.9.